The minimum Gasteiger partial charge on any atom is -0.480 e. The molecule has 0 aromatic heterocycles. The molecule has 0 bridgehead atoms. The number of nitrogens with one attached hydrogen (secondary N) is 1. The lowest BCUT2D eigenvalue weighted by molar-refractivity contribution is -0.144. The predicted molar refractivity (Wildman–Crippen MR) is 90.2 cm³/mol. The van der Waals surface area contributed by atoms with Crippen LogP contribution in [0.1, 0.15) is 38.5 Å². The Labute approximate surface area is 134 Å². The molecule has 0 aromatic rings. The lowest BCUT2D eigenvalue weighted by atomic mass is 9.66. The largest absolute Gasteiger partial charge is 0.480 e. The third-order valence-corrected chi connectivity index (χ3v) is 4.48. The summed E-state index contributed by atoms with van der Waals surface area (Å²) in [5.41, 5.74) is 4.98. The van der Waals surface area contributed by atoms with E-state index in [9.17, 15) is 14.9 Å². The molecule has 128 valence electrons. The molecule has 0 aromatic carbocycles. The third kappa shape index (κ3) is 7.58. The summed E-state index contributed by atoms with van der Waals surface area (Å²) < 4.78 is 0. The zero-order valence-electron chi connectivity index (χ0n) is 13.9. The van der Waals surface area contributed by atoms with E-state index in [1.807, 2.05) is 0 Å². The second-order valence-electron chi connectivity index (χ2n) is 6.60. The van der Waals surface area contributed by atoms with Crippen molar-refractivity contribution in [3.63, 3.8) is 0 Å². The van der Waals surface area contributed by atoms with Crippen LogP contribution in [0.15, 0.2) is 0 Å². The van der Waals surface area contributed by atoms with Gasteiger partial charge in [0.25, 0.3) is 6.92 Å². The number of hydrogen-bond donors (Lipinski definition) is 4. The monoisotopic (exact) mass is 313 g/mol. The average molecular weight is 313 g/mol. The summed E-state index contributed by atoms with van der Waals surface area (Å²) in [6, 6.07) is 0. The summed E-state index contributed by atoms with van der Waals surface area (Å²) >= 11 is 0. The van der Waals surface area contributed by atoms with Crippen molar-refractivity contribution in [2.24, 2.45) is 5.73 Å². The average Bonchev–Trinajstić information content (AvgIpc) is 2.49. The Kier molecular flexibility index (Phi) is 9.01. The summed E-state index contributed by atoms with van der Waals surface area (Å²) in [6.07, 6.45) is 5.16. The minimum absolute atomic E-state index is 0.323. The van der Waals surface area contributed by atoms with E-state index in [-0.39, 0.29) is 6.92 Å². The summed E-state index contributed by atoms with van der Waals surface area (Å²) in [5.74, 6) is -0.897. The first-order chi connectivity index (χ1) is 10.4. The SMILES string of the molecule is CB(O)CCCCC(N)(CCCCN1CCNCC1)C(=O)O. The molecule has 0 saturated carbocycles. The van der Waals surface area contributed by atoms with Crippen LogP contribution in [0.4, 0.5) is 0 Å². The van der Waals surface area contributed by atoms with E-state index < -0.39 is 11.5 Å². The topological polar surface area (TPSA) is 98.8 Å². The van der Waals surface area contributed by atoms with Gasteiger partial charge in [0.05, 0.1) is 0 Å². The molecule has 1 atom stereocenters. The maximum Gasteiger partial charge on any atom is 0.323 e. The molecule has 6 nitrogen and oxygen atoms in total. The predicted octanol–water partition coefficient (Wildman–Crippen LogP) is 0.628. The molecule has 0 amide bonds. The number of piperazine rings is 1. The highest BCUT2D eigenvalue weighted by atomic mass is 16.4. The molecule has 0 spiro atoms. The molecule has 1 aliphatic rings. The highest BCUT2D eigenvalue weighted by Crippen LogP contribution is 2.20. The van der Waals surface area contributed by atoms with Gasteiger partial charge < -0.3 is 26.1 Å². The molecule has 22 heavy (non-hydrogen) atoms. The van der Waals surface area contributed by atoms with Crippen molar-refractivity contribution < 1.29 is 14.9 Å². The molecule has 1 aliphatic heterocycles. The lowest BCUT2D eigenvalue weighted by Crippen LogP contribution is -2.48. The fourth-order valence-corrected chi connectivity index (χ4v) is 2.93. The Balaban J connectivity index is 2.22. The molecular weight excluding hydrogens is 281 g/mol. The molecule has 1 rings (SSSR count). The van der Waals surface area contributed by atoms with Crippen LogP contribution in [0.25, 0.3) is 0 Å². The van der Waals surface area contributed by atoms with Gasteiger partial charge >= 0.3 is 5.97 Å². The highest BCUT2D eigenvalue weighted by Gasteiger charge is 2.32. The molecule has 1 unspecified atom stereocenters. The van der Waals surface area contributed by atoms with Gasteiger partial charge in [-0.3, -0.25) is 4.79 Å². The Hall–Kier alpha value is -0.625. The zero-order valence-corrected chi connectivity index (χ0v) is 13.9. The first-order valence-corrected chi connectivity index (χ1v) is 8.57. The summed E-state index contributed by atoms with van der Waals surface area (Å²) in [6.45, 7) is 6.69. The van der Waals surface area contributed by atoms with E-state index in [0.29, 0.717) is 19.2 Å². The van der Waals surface area contributed by atoms with Gasteiger partial charge in [-0.25, -0.2) is 0 Å². The lowest BCUT2D eigenvalue weighted by Gasteiger charge is -2.28. The number of nitrogens with zero attached hydrogens (tertiary/aromatic N) is 1. The maximum atomic E-state index is 11.5. The number of hydrogen-bond acceptors (Lipinski definition) is 5. The van der Waals surface area contributed by atoms with Crippen LogP contribution in [-0.4, -0.2) is 66.2 Å². The van der Waals surface area contributed by atoms with Gasteiger partial charge in [-0.1, -0.05) is 19.7 Å². The second kappa shape index (κ2) is 10.2. The number of rotatable bonds is 11. The molecule has 0 radical (unpaired) electrons. The Morgan fingerprint density at radius 1 is 1.23 bits per heavy atom. The summed E-state index contributed by atoms with van der Waals surface area (Å²) in [5, 5.41) is 22.0. The van der Waals surface area contributed by atoms with Gasteiger partial charge in [-0.05, 0) is 38.5 Å². The van der Waals surface area contributed by atoms with E-state index in [2.05, 4.69) is 10.2 Å². The summed E-state index contributed by atoms with van der Waals surface area (Å²) in [4.78, 5) is 13.9. The Morgan fingerprint density at radius 2 is 1.82 bits per heavy atom. The van der Waals surface area contributed by atoms with Crippen molar-refractivity contribution in [1.82, 2.24) is 10.2 Å². The zero-order chi connectivity index (χ0) is 16.4. The standard InChI is InChI=1S/C15H32BN3O3/c1-16(22)8-4-2-6-15(17,14(20)21)7-3-5-11-19-12-9-18-10-13-19/h18,22H,2-13,17H2,1H3,(H,20,21). The van der Waals surface area contributed by atoms with Gasteiger partial charge in [0.2, 0.25) is 0 Å². The Morgan fingerprint density at radius 3 is 2.36 bits per heavy atom. The van der Waals surface area contributed by atoms with Crippen molar-refractivity contribution >= 4 is 12.9 Å². The fourth-order valence-electron chi connectivity index (χ4n) is 2.93. The number of carboxylic acids is 1. The number of aliphatic carboxylic acids is 1. The van der Waals surface area contributed by atoms with Crippen LogP contribution in [0.5, 0.6) is 0 Å². The minimum atomic E-state index is -1.11. The molecule has 1 fully saturated rings. The van der Waals surface area contributed by atoms with Crippen LogP contribution in [0.3, 0.4) is 0 Å². The first kappa shape index (κ1) is 19.4. The van der Waals surface area contributed by atoms with E-state index in [4.69, 9.17) is 5.73 Å². The summed E-state index contributed by atoms with van der Waals surface area (Å²) in [7, 11) is 0. The molecule has 1 saturated heterocycles. The van der Waals surface area contributed by atoms with Crippen LogP contribution < -0.4 is 11.1 Å². The Bertz CT molecular complexity index is 325. The molecular formula is C15H32BN3O3. The van der Waals surface area contributed by atoms with Crippen LogP contribution >= 0.6 is 0 Å². The number of unbranched alkanes of at least 4 members (excludes halogenated alkanes) is 2. The molecule has 5 N–H and O–H groups in total. The van der Waals surface area contributed by atoms with Gasteiger partial charge in [0, 0.05) is 26.2 Å². The van der Waals surface area contributed by atoms with E-state index >= 15 is 0 Å². The van der Waals surface area contributed by atoms with Gasteiger partial charge in [-0.2, -0.15) is 0 Å². The third-order valence-electron chi connectivity index (χ3n) is 4.48. The van der Waals surface area contributed by atoms with Crippen molar-refractivity contribution in [3.8, 4) is 0 Å². The van der Waals surface area contributed by atoms with Gasteiger partial charge in [0.15, 0.2) is 0 Å². The van der Waals surface area contributed by atoms with Crippen LogP contribution in [0, 0.1) is 0 Å². The van der Waals surface area contributed by atoms with Crippen molar-refractivity contribution in [2.45, 2.75) is 57.2 Å². The molecule has 0 aliphatic carbocycles. The normalized spacial score (nSPS) is 18.9. The fraction of sp³-hybridized carbons (Fsp3) is 0.933. The van der Waals surface area contributed by atoms with E-state index in [1.165, 1.54) is 0 Å². The van der Waals surface area contributed by atoms with Crippen LogP contribution in [-0.2, 0) is 4.79 Å². The smallest absolute Gasteiger partial charge is 0.323 e. The van der Waals surface area contributed by atoms with Gasteiger partial charge in [-0.15, -0.1) is 0 Å². The molecule has 7 heteroatoms. The number of carboxylic acid groups (broad SMARTS) is 1. The van der Waals surface area contributed by atoms with Crippen molar-refractivity contribution in [3.05, 3.63) is 0 Å². The molecule has 1 heterocycles. The first-order valence-electron chi connectivity index (χ1n) is 8.57. The van der Waals surface area contributed by atoms with Gasteiger partial charge in [0.1, 0.15) is 5.54 Å². The second-order valence-corrected chi connectivity index (χ2v) is 6.60. The number of carbonyl (C=O) groups is 1. The number of nitrogens with two attached hydrogens (primary N) is 1. The van der Waals surface area contributed by atoms with Crippen molar-refractivity contribution in [1.29, 1.82) is 0 Å². The van der Waals surface area contributed by atoms with E-state index in [1.54, 1.807) is 6.82 Å². The highest BCUT2D eigenvalue weighted by molar-refractivity contribution is 6.48. The quantitative estimate of drug-likeness (QED) is 0.330. The van der Waals surface area contributed by atoms with Crippen LogP contribution in [0.2, 0.25) is 13.1 Å². The van der Waals surface area contributed by atoms with E-state index in [0.717, 1.165) is 58.4 Å². The van der Waals surface area contributed by atoms with Crippen molar-refractivity contribution in [2.75, 3.05) is 32.7 Å². The maximum absolute atomic E-state index is 11.5.